The molecule has 7 nitrogen and oxygen atoms in total. The van der Waals surface area contributed by atoms with Crippen molar-refractivity contribution in [2.75, 3.05) is 12.1 Å². The molecule has 4 rings (SSSR count). The van der Waals surface area contributed by atoms with Crippen molar-refractivity contribution in [1.29, 1.82) is 0 Å². The number of carboxylic acids is 1. The van der Waals surface area contributed by atoms with Crippen molar-refractivity contribution in [1.82, 2.24) is 0 Å². The SMILES string of the molecule is COc1cc(/C=C2\C(=O)N(c3ccc(Cl)c(C(=O)O)c3)N=C2C)ccc1OCc1ccccc1. The van der Waals surface area contributed by atoms with Gasteiger partial charge in [0.25, 0.3) is 5.91 Å². The minimum absolute atomic E-state index is 0.0843. The van der Waals surface area contributed by atoms with E-state index in [-0.39, 0.29) is 16.5 Å². The van der Waals surface area contributed by atoms with Crippen molar-refractivity contribution in [3.05, 3.63) is 94.0 Å². The van der Waals surface area contributed by atoms with Gasteiger partial charge in [0.1, 0.15) is 6.61 Å². The molecule has 3 aromatic rings. The number of aromatic carboxylic acids is 1. The Hall–Kier alpha value is -4.10. The van der Waals surface area contributed by atoms with E-state index in [1.165, 1.54) is 17.1 Å². The lowest BCUT2D eigenvalue weighted by molar-refractivity contribution is -0.114. The molecule has 34 heavy (non-hydrogen) atoms. The van der Waals surface area contributed by atoms with Crippen molar-refractivity contribution in [2.24, 2.45) is 5.10 Å². The first-order valence-electron chi connectivity index (χ1n) is 10.4. The zero-order valence-corrected chi connectivity index (χ0v) is 19.2. The van der Waals surface area contributed by atoms with Crippen molar-refractivity contribution in [3.8, 4) is 11.5 Å². The van der Waals surface area contributed by atoms with Gasteiger partial charge in [-0.1, -0.05) is 48.0 Å². The van der Waals surface area contributed by atoms with Gasteiger partial charge in [-0.25, -0.2) is 4.79 Å². The summed E-state index contributed by atoms with van der Waals surface area (Å²) in [6.45, 7) is 2.11. The Morgan fingerprint density at radius 2 is 1.85 bits per heavy atom. The number of anilines is 1. The van der Waals surface area contributed by atoms with E-state index < -0.39 is 5.97 Å². The molecule has 8 heteroatoms. The number of ether oxygens (including phenoxy) is 2. The smallest absolute Gasteiger partial charge is 0.337 e. The van der Waals surface area contributed by atoms with E-state index >= 15 is 0 Å². The van der Waals surface area contributed by atoms with Crippen molar-refractivity contribution in [2.45, 2.75) is 13.5 Å². The largest absolute Gasteiger partial charge is 0.493 e. The fraction of sp³-hybridized carbons (Fsp3) is 0.115. The summed E-state index contributed by atoms with van der Waals surface area (Å²) in [6, 6.07) is 19.5. The summed E-state index contributed by atoms with van der Waals surface area (Å²) < 4.78 is 11.4. The highest BCUT2D eigenvalue weighted by Crippen LogP contribution is 2.32. The second-order valence-corrected chi connectivity index (χ2v) is 7.92. The Bertz CT molecular complexity index is 1320. The summed E-state index contributed by atoms with van der Waals surface area (Å²) in [5.41, 5.74) is 2.86. The number of amides is 1. The molecule has 1 heterocycles. The Morgan fingerprint density at radius 3 is 2.56 bits per heavy atom. The van der Waals surface area contributed by atoms with Gasteiger partial charge in [0.15, 0.2) is 11.5 Å². The van der Waals surface area contributed by atoms with E-state index in [1.807, 2.05) is 36.4 Å². The van der Waals surface area contributed by atoms with E-state index in [0.29, 0.717) is 35.1 Å². The Kier molecular flexibility index (Phi) is 6.65. The summed E-state index contributed by atoms with van der Waals surface area (Å²) in [5, 5.41) is 14.9. The molecule has 0 unspecified atom stereocenters. The second kappa shape index (κ2) is 9.80. The normalized spacial score (nSPS) is 14.3. The number of hydrogen-bond donors (Lipinski definition) is 1. The molecule has 0 bridgehead atoms. The number of nitrogens with zero attached hydrogens (tertiary/aromatic N) is 2. The molecular formula is C26H21ClN2O5. The number of carboxylic acid groups (broad SMARTS) is 1. The average molecular weight is 477 g/mol. The topological polar surface area (TPSA) is 88.4 Å². The zero-order chi connectivity index (χ0) is 24.2. The highest BCUT2D eigenvalue weighted by atomic mass is 35.5. The molecule has 0 aliphatic carbocycles. The second-order valence-electron chi connectivity index (χ2n) is 7.51. The molecule has 1 amide bonds. The van der Waals surface area contributed by atoms with Crippen LogP contribution in [-0.2, 0) is 11.4 Å². The third-order valence-electron chi connectivity index (χ3n) is 5.22. The van der Waals surface area contributed by atoms with Crippen LogP contribution < -0.4 is 14.5 Å². The van der Waals surface area contributed by atoms with Crippen LogP contribution in [-0.4, -0.2) is 29.8 Å². The molecule has 172 valence electrons. The monoisotopic (exact) mass is 476 g/mol. The molecular weight excluding hydrogens is 456 g/mol. The fourth-order valence-electron chi connectivity index (χ4n) is 3.46. The van der Waals surface area contributed by atoms with Crippen LogP contribution in [0, 0.1) is 0 Å². The van der Waals surface area contributed by atoms with Crippen LogP contribution in [0.2, 0.25) is 5.02 Å². The van der Waals surface area contributed by atoms with Crippen LogP contribution in [0.4, 0.5) is 5.69 Å². The standard InChI is InChI=1S/C26H21ClN2O5/c1-16-20(25(30)29(28-16)19-9-10-22(27)21(14-19)26(31)32)12-18-8-11-23(24(13-18)33-2)34-15-17-6-4-3-5-7-17/h3-14H,15H2,1-2H3,(H,31,32)/b20-12-. The fourth-order valence-corrected chi connectivity index (χ4v) is 3.66. The number of halogens is 1. The van der Waals surface area contributed by atoms with Crippen LogP contribution in [0.1, 0.15) is 28.4 Å². The molecule has 0 aromatic heterocycles. The molecule has 0 fully saturated rings. The number of benzene rings is 3. The minimum atomic E-state index is -1.18. The van der Waals surface area contributed by atoms with Gasteiger partial charge in [-0.2, -0.15) is 10.1 Å². The summed E-state index contributed by atoms with van der Waals surface area (Å²) in [6.07, 6.45) is 1.71. The van der Waals surface area contributed by atoms with Crippen LogP contribution >= 0.6 is 11.6 Å². The van der Waals surface area contributed by atoms with Crippen LogP contribution in [0.25, 0.3) is 6.08 Å². The lowest BCUT2D eigenvalue weighted by Crippen LogP contribution is -2.21. The van der Waals surface area contributed by atoms with Gasteiger partial charge in [-0.15, -0.1) is 0 Å². The van der Waals surface area contributed by atoms with Gasteiger partial charge in [0.05, 0.1) is 34.7 Å². The number of hydrazone groups is 1. The predicted octanol–water partition coefficient (Wildman–Crippen LogP) is 5.43. The molecule has 0 spiro atoms. The van der Waals surface area contributed by atoms with Gasteiger partial charge in [-0.05, 0) is 54.5 Å². The quantitative estimate of drug-likeness (QED) is 0.459. The van der Waals surface area contributed by atoms with Gasteiger partial charge in [0, 0.05) is 0 Å². The first-order valence-corrected chi connectivity index (χ1v) is 10.7. The zero-order valence-electron chi connectivity index (χ0n) is 18.5. The molecule has 1 aliphatic rings. The van der Waals surface area contributed by atoms with Gasteiger partial charge in [0.2, 0.25) is 0 Å². The van der Waals surface area contributed by atoms with Crippen LogP contribution in [0.5, 0.6) is 11.5 Å². The molecule has 0 radical (unpaired) electrons. The predicted molar refractivity (Wildman–Crippen MR) is 131 cm³/mol. The summed E-state index contributed by atoms with van der Waals surface area (Å²) >= 11 is 5.94. The third-order valence-corrected chi connectivity index (χ3v) is 5.55. The van der Waals surface area contributed by atoms with E-state index in [9.17, 15) is 14.7 Å². The maximum atomic E-state index is 13.1. The maximum absolute atomic E-state index is 13.1. The number of rotatable bonds is 7. The molecule has 0 atom stereocenters. The lowest BCUT2D eigenvalue weighted by atomic mass is 10.1. The highest BCUT2D eigenvalue weighted by molar-refractivity contribution is 6.34. The summed E-state index contributed by atoms with van der Waals surface area (Å²) in [4.78, 5) is 24.5. The number of carbonyl (C=O) groups excluding carboxylic acids is 1. The first-order chi connectivity index (χ1) is 16.4. The third kappa shape index (κ3) is 4.79. The Morgan fingerprint density at radius 1 is 1.09 bits per heavy atom. The number of carbonyl (C=O) groups is 2. The Labute approximate surface area is 201 Å². The molecule has 3 aromatic carbocycles. The summed E-state index contributed by atoms with van der Waals surface area (Å²) in [5.74, 6) is -0.442. The van der Waals surface area contributed by atoms with E-state index in [0.717, 1.165) is 11.1 Å². The van der Waals surface area contributed by atoms with Crippen LogP contribution in [0.15, 0.2) is 77.4 Å². The van der Waals surface area contributed by atoms with Crippen molar-refractivity contribution >= 4 is 41.0 Å². The van der Waals surface area contributed by atoms with Crippen molar-refractivity contribution < 1.29 is 24.2 Å². The molecule has 1 N–H and O–H groups in total. The van der Waals surface area contributed by atoms with Gasteiger partial charge in [-0.3, -0.25) is 4.79 Å². The van der Waals surface area contributed by atoms with E-state index in [1.54, 1.807) is 38.3 Å². The number of methoxy groups -OCH3 is 1. The van der Waals surface area contributed by atoms with Gasteiger partial charge >= 0.3 is 5.97 Å². The van der Waals surface area contributed by atoms with Gasteiger partial charge < -0.3 is 14.6 Å². The molecule has 0 saturated carbocycles. The van der Waals surface area contributed by atoms with E-state index in [4.69, 9.17) is 21.1 Å². The van der Waals surface area contributed by atoms with Crippen LogP contribution in [0.3, 0.4) is 0 Å². The average Bonchev–Trinajstić information content (AvgIpc) is 3.12. The maximum Gasteiger partial charge on any atom is 0.337 e. The lowest BCUT2D eigenvalue weighted by Gasteiger charge is -2.13. The molecule has 0 saturated heterocycles. The Balaban J connectivity index is 1.57. The first kappa shape index (κ1) is 23.1. The summed E-state index contributed by atoms with van der Waals surface area (Å²) in [7, 11) is 1.55. The highest BCUT2D eigenvalue weighted by Gasteiger charge is 2.29. The minimum Gasteiger partial charge on any atom is -0.493 e. The number of hydrogen-bond acceptors (Lipinski definition) is 5. The van der Waals surface area contributed by atoms with E-state index in [2.05, 4.69) is 5.10 Å². The van der Waals surface area contributed by atoms with Crippen molar-refractivity contribution in [3.63, 3.8) is 0 Å². The molecule has 1 aliphatic heterocycles.